The van der Waals surface area contributed by atoms with Crippen LogP contribution in [0.15, 0.2) is 23.6 Å². The first-order chi connectivity index (χ1) is 6.84. The van der Waals surface area contributed by atoms with E-state index in [9.17, 15) is 8.78 Å². The molecule has 1 nitrogen and oxygen atoms in total. The fourth-order valence-electron chi connectivity index (χ4n) is 1.03. The third-order valence-corrected chi connectivity index (χ3v) is 1.57. The first kappa shape index (κ1) is 15.8. The SMILES string of the molecule is CC.CF.CNCC1=C(F)CCC=C1. The van der Waals surface area contributed by atoms with Crippen molar-refractivity contribution in [2.45, 2.75) is 26.7 Å². The van der Waals surface area contributed by atoms with Crippen LogP contribution in [0, 0.1) is 0 Å². The predicted octanol–water partition coefficient (Wildman–Crippen LogP) is 3.39. The van der Waals surface area contributed by atoms with E-state index < -0.39 is 0 Å². The number of alkyl halides is 1. The second-order valence-electron chi connectivity index (χ2n) is 2.40. The Morgan fingerprint density at radius 1 is 1.36 bits per heavy atom. The molecule has 0 fully saturated rings. The first-order valence-electron chi connectivity index (χ1n) is 4.91. The minimum Gasteiger partial charge on any atom is -0.316 e. The lowest BCUT2D eigenvalue weighted by atomic mass is 10.1. The molecule has 1 aliphatic rings. The van der Waals surface area contributed by atoms with Crippen LogP contribution in [0.25, 0.3) is 0 Å². The van der Waals surface area contributed by atoms with Gasteiger partial charge in [-0.25, -0.2) is 4.39 Å². The maximum atomic E-state index is 12.8. The molecule has 0 aliphatic heterocycles. The third kappa shape index (κ3) is 6.78. The van der Waals surface area contributed by atoms with Gasteiger partial charge in [0, 0.05) is 13.0 Å². The minimum atomic E-state index is 0.0388. The molecule has 14 heavy (non-hydrogen) atoms. The van der Waals surface area contributed by atoms with E-state index >= 15 is 0 Å². The zero-order valence-corrected chi connectivity index (χ0v) is 9.53. The van der Waals surface area contributed by atoms with E-state index in [-0.39, 0.29) is 5.83 Å². The molecular formula is C11H21F2N. The van der Waals surface area contributed by atoms with Crippen molar-refractivity contribution < 1.29 is 8.78 Å². The lowest BCUT2D eigenvalue weighted by Crippen LogP contribution is -2.11. The summed E-state index contributed by atoms with van der Waals surface area (Å²) in [5.41, 5.74) is 0.800. The lowest BCUT2D eigenvalue weighted by molar-refractivity contribution is 0.571. The van der Waals surface area contributed by atoms with Gasteiger partial charge in [0.15, 0.2) is 0 Å². The fraction of sp³-hybridized carbons (Fsp3) is 0.636. The monoisotopic (exact) mass is 205 g/mol. The van der Waals surface area contributed by atoms with Gasteiger partial charge in [-0.1, -0.05) is 26.0 Å². The third-order valence-electron chi connectivity index (χ3n) is 1.57. The summed E-state index contributed by atoms with van der Waals surface area (Å²) in [6, 6.07) is 0. The number of hydrogen-bond donors (Lipinski definition) is 1. The number of likely N-dealkylation sites (N-methyl/N-ethyl adjacent to an activating group) is 1. The van der Waals surface area contributed by atoms with E-state index in [1.54, 1.807) is 0 Å². The molecule has 0 amide bonds. The second-order valence-corrected chi connectivity index (χ2v) is 2.40. The van der Waals surface area contributed by atoms with Crippen LogP contribution in [-0.2, 0) is 0 Å². The number of halogens is 2. The molecule has 0 bridgehead atoms. The predicted molar refractivity (Wildman–Crippen MR) is 58.8 cm³/mol. The maximum absolute atomic E-state index is 12.8. The zero-order chi connectivity index (χ0) is 11.4. The van der Waals surface area contributed by atoms with Crippen molar-refractivity contribution in [2.75, 3.05) is 20.8 Å². The van der Waals surface area contributed by atoms with Crippen LogP contribution in [-0.4, -0.2) is 20.8 Å². The Labute approximate surface area is 85.9 Å². The second kappa shape index (κ2) is 12.3. The molecule has 0 aromatic carbocycles. The summed E-state index contributed by atoms with van der Waals surface area (Å²) >= 11 is 0. The fourth-order valence-corrected chi connectivity index (χ4v) is 1.03. The highest BCUT2D eigenvalue weighted by molar-refractivity contribution is 5.26. The summed E-state index contributed by atoms with van der Waals surface area (Å²) in [6.07, 6.45) is 5.29. The number of nitrogens with one attached hydrogen (secondary N) is 1. The van der Waals surface area contributed by atoms with Gasteiger partial charge in [0.05, 0.1) is 7.18 Å². The van der Waals surface area contributed by atoms with Gasteiger partial charge in [-0.3, -0.25) is 4.39 Å². The van der Waals surface area contributed by atoms with Crippen molar-refractivity contribution in [3.63, 3.8) is 0 Å². The Hall–Kier alpha value is -0.700. The Bertz CT molecular complexity index is 174. The molecule has 0 saturated carbocycles. The largest absolute Gasteiger partial charge is 0.316 e. The molecule has 84 valence electrons. The molecule has 0 spiro atoms. The van der Waals surface area contributed by atoms with Crippen molar-refractivity contribution in [3.05, 3.63) is 23.6 Å². The molecule has 1 rings (SSSR count). The van der Waals surface area contributed by atoms with Crippen LogP contribution in [0.2, 0.25) is 0 Å². The molecule has 0 saturated heterocycles. The van der Waals surface area contributed by atoms with E-state index in [1.165, 1.54) is 0 Å². The Morgan fingerprint density at radius 3 is 2.36 bits per heavy atom. The van der Waals surface area contributed by atoms with Crippen LogP contribution in [0.5, 0.6) is 0 Å². The quantitative estimate of drug-likeness (QED) is 0.728. The van der Waals surface area contributed by atoms with Crippen LogP contribution in [0.3, 0.4) is 0 Å². The van der Waals surface area contributed by atoms with E-state index in [2.05, 4.69) is 5.32 Å². The van der Waals surface area contributed by atoms with E-state index in [4.69, 9.17) is 0 Å². The van der Waals surface area contributed by atoms with E-state index in [0.717, 1.165) is 12.0 Å². The van der Waals surface area contributed by atoms with Crippen LogP contribution in [0.1, 0.15) is 26.7 Å². The van der Waals surface area contributed by atoms with Crippen molar-refractivity contribution in [2.24, 2.45) is 0 Å². The molecule has 0 aromatic rings. The Morgan fingerprint density at radius 2 is 1.93 bits per heavy atom. The standard InChI is InChI=1S/C8H12FN.C2H6.CH3F/c1-10-6-7-4-2-3-5-8(7)9;2*1-2/h2,4,10H,3,5-6H2,1H3;1-2H3;1H3. The van der Waals surface area contributed by atoms with Gasteiger partial charge in [0.25, 0.3) is 0 Å². The van der Waals surface area contributed by atoms with Gasteiger partial charge in [-0.05, 0) is 19.0 Å². The average molecular weight is 205 g/mol. The van der Waals surface area contributed by atoms with Gasteiger partial charge in [-0.2, -0.15) is 0 Å². The maximum Gasteiger partial charge on any atom is 0.105 e. The van der Waals surface area contributed by atoms with Gasteiger partial charge < -0.3 is 5.32 Å². The molecule has 3 heteroatoms. The smallest absolute Gasteiger partial charge is 0.105 e. The van der Waals surface area contributed by atoms with Gasteiger partial charge in [-0.15, -0.1) is 0 Å². The molecule has 1 aliphatic carbocycles. The minimum absolute atomic E-state index is 0.0388. The molecule has 0 atom stereocenters. The van der Waals surface area contributed by atoms with Crippen LogP contribution < -0.4 is 5.32 Å². The summed E-state index contributed by atoms with van der Waals surface area (Å²) < 4.78 is 22.3. The molecule has 0 heterocycles. The van der Waals surface area contributed by atoms with Crippen molar-refractivity contribution in [3.8, 4) is 0 Å². The Kier molecular flexibility index (Phi) is 13.8. The van der Waals surface area contributed by atoms with Gasteiger partial charge in [0.2, 0.25) is 0 Å². The summed E-state index contributed by atoms with van der Waals surface area (Å²) in [4.78, 5) is 0. The van der Waals surface area contributed by atoms with Crippen molar-refractivity contribution in [1.29, 1.82) is 0 Å². The molecule has 1 N–H and O–H groups in total. The lowest BCUT2D eigenvalue weighted by Gasteiger charge is -2.07. The Balaban J connectivity index is 0. The highest BCUT2D eigenvalue weighted by atomic mass is 19.1. The van der Waals surface area contributed by atoms with Crippen LogP contribution >= 0.6 is 0 Å². The van der Waals surface area contributed by atoms with Crippen LogP contribution in [0.4, 0.5) is 8.78 Å². The first-order valence-corrected chi connectivity index (χ1v) is 4.91. The van der Waals surface area contributed by atoms with Gasteiger partial charge in [0.1, 0.15) is 5.83 Å². The van der Waals surface area contributed by atoms with E-state index in [0.29, 0.717) is 20.1 Å². The molecule has 0 radical (unpaired) electrons. The highest BCUT2D eigenvalue weighted by Gasteiger charge is 2.05. The summed E-state index contributed by atoms with van der Waals surface area (Å²) in [5, 5.41) is 2.92. The summed E-state index contributed by atoms with van der Waals surface area (Å²) in [6.45, 7) is 4.64. The normalized spacial score (nSPS) is 13.9. The van der Waals surface area contributed by atoms with E-state index in [1.807, 2.05) is 33.0 Å². The zero-order valence-electron chi connectivity index (χ0n) is 9.53. The number of rotatable bonds is 2. The highest BCUT2D eigenvalue weighted by Crippen LogP contribution is 2.18. The van der Waals surface area contributed by atoms with Crippen molar-refractivity contribution in [1.82, 2.24) is 5.32 Å². The summed E-state index contributed by atoms with van der Waals surface area (Å²) in [7, 11) is 2.32. The molecule has 0 aromatic heterocycles. The topological polar surface area (TPSA) is 12.0 Å². The molecular weight excluding hydrogens is 184 g/mol. The van der Waals surface area contributed by atoms with Gasteiger partial charge >= 0.3 is 0 Å². The number of hydrogen-bond acceptors (Lipinski definition) is 1. The van der Waals surface area contributed by atoms with Crippen molar-refractivity contribution >= 4 is 0 Å². The molecule has 0 unspecified atom stereocenters. The average Bonchev–Trinajstić information content (AvgIpc) is 2.28. The summed E-state index contributed by atoms with van der Waals surface area (Å²) in [5.74, 6) is 0.0388. The number of allylic oxidation sites excluding steroid dienone is 2.